The maximum Gasteiger partial charge on any atom is 0.418 e. The Balaban J connectivity index is 3.04. The first-order chi connectivity index (χ1) is 9.29. The van der Waals surface area contributed by atoms with Gasteiger partial charge in [0.1, 0.15) is 5.92 Å². The quantitative estimate of drug-likeness (QED) is 0.879. The number of benzene rings is 1. The van der Waals surface area contributed by atoms with Crippen molar-refractivity contribution in [3.63, 3.8) is 0 Å². The SMILES string of the molecule is CCCC(C#N)C(=O)Nc1ccc(Br)cc1C(F)(F)F. The number of alkyl halides is 3. The third-order valence-corrected chi connectivity index (χ3v) is 3.09. The lowest BCUT2D eigenvalue weighted by Crippen LogP contribution is -2.23. The van der Waals surface area contributed by atoms with Crippen LogP contribution in [0, 0.1) is 17.2 Å². The van der Waals surface area contributed by atoms with Gasteiger partial charge in [-0.3, -0.25) is 4.79 Å². The number of nitrogens with zero attached hydrogens (tertiary/aromatic N) is 1. The lowest BCUT2D eigenvalue weighted by Gasteiger charge is -2.15. The normalized spacial score (nSPS) is 12.6. The van der Waals surface area contributed by atoms with Crippen LogP contribution in [0.2, 0.25) is 0 Å². The van der Waals surface area contributed by atoms with E-state index in [1.54, 1.807) is 13.0 Å². The molecule has 0 aliphatic heterocycles. The minimum Gasteiger partial charge on any atom is -0.324 e. The first kappa shape index (κ1) is 16.5. The summed E-state index contributed by atoms with van der Waals surface area (Å²) >= 11 is 2.96. The highest BCUT2D eigenvalue weighted by atomic mass is 79.9. The molecule has 0 fully saturated rings. The summed E-state index contributed by atoms with van der Waals surface area (Å²) < 4.78 is 38.9. The predicted molar refractivity (Wildman–Crippen MR) is 71.8 cm³/mol. The van der Waals surface area contributed by atoms with Crippen LogP contribution in [-0.2, 0) is 11.0 Å². The zero-order valence-corrected chi connectivity index (χ0v) is 12.2. The van der Waals surface area contributed by atoms with Gasteiger partial charge >= 0.3 is 6.18 Å². The third-order valence-electron chi connectivity index (χ3n) is 2.59. The maximum atomic E-state index is 12.9. The molecule has 0 aliphatic rings. The molecule has 0 saturated carbocycles. The molecule has 1 unspecified atom stereocenters. The summed E-state index contributed by atoms with van der Waals surface area (Å²) in [5.74, 6) is -1.67. The summed E-state index contributed by atoms with van der Waals surface area (Å²) in [7, 11) is 0. The van der Waals surface area contributed by atoms with Gasteiger partial charge in [-0.25, -0.2) is 0 Å². The molecule has 0 aliphatic carbocycles. The Morgan fingerprint density at radius 3 is 2.65 bits per heavy atom. The number of hydrogen-bond donors (Lipinski definition) is 1. The smallest absolute Gasteiger partial charge is 0.324 e. The topological polar surface area (TPSA) is 52.9 Å². The zero-order chi connectivity index (χ0) is 15.3. The van der Waals surface area contributed by atoms with Crippen LogP contribution < -0.4 is 5.32 Å². The van der Waals surface area contributed by atoms with Crippen molar-refractivity contribution in [3.8, 4) is 6.07 Å². The molecule has 0 spiro atoms. The van der Waals surface area contributed by atoms with E-state index in [0.29, 0.717) is 12.8 Å². The van der Waals surface area contributed by atoms with Gasteiger partial charge < -0.3 is 5.32 Å². The first-order valence-electron chi connectivity index (χ1n) is 5.86. The summed E-state index contributed by atoms with van der Waals surface area (Å²) in [4.78, 5) is 11.8. The Labute approximate surface area is 122 Å². The molecule has 0 heterocycles. The summed E-state index contributed by atoms with van der Waals surface area (Å²) in [6.07, 6.45) is -3.68. The second-order valence-corrected chi connectivity index (χ2v) is 5.06. The lowest BCUT2D eigenvalue weighted by atomic mass is 10.0. The number of nitrogens with one attached hydrogen (secondary N) is 1. The van der Waals surface area contributed by atoms with Gasteiger partial charge in [-0.05, 0) is 24.6 Å². The Kier molecular flexibility index (Phi) is 5.57. The highest BCUT2D eigenvalue weighted by Gasteiger charge is 2.34. The van der Waals surface area contributed by atoms with Crippen LogP contribution in [0.3, 0.4) is 0 Å². The van der Waals surface area contributed by atoms with Crippen LogP contribution in [-0.4, -0.2) is 5.91 Å². The van der Waals surface area contributed by atoms with E-state index in [-0.39, 0.29) is 10.2 Å². The molecule has 108 valence electrons. The fourth-order valence-corrected chi connectivity index (χ4v) is 1.98. The molecule has 0 aromatic heterocycles. The molecule has 3 nitrogen and oxygen atoms in total. The fraction of sp³-hybridized carbons (Fsp3) is 0.385. The lowest BCUT2D eigenvalue weighted by molar-refractivity contribution is -0.137. The molecular weight excluding hydrogens is 337 g/mol. The molecule has 1 amide bonds. The summed E-state index contributed by atoms with van der Waals surface area (Å²) in [6.45, 7) is 1.79. The van der Waals surface area contributed by atoms with E-state index in [1.165, 1.54) is 6.07 Å². The van der Waals surface area contributed by atoms with Crippen molar-refractivity contribution in [2.24, 2.45) is 5.92 Å². The van der Waals surface area contributed by atoms with E-state index < -0.39 is 23.6 Å². The number of hydrogen-bond acceptors (Lipinski definition) is 2. The molecule has 0 bridgehead atoms. The molecular formula is C13H12BrF3N2O. The number of anilines is 1. The van der Waals surface area contributed by atoms with Crippen LogP contribution in [0.5, 0.6) is 0 Å². The summed E-state index contributed by atoms with van der Waals surface area (Å²) in [5.41, 5.74) is -1.30. The van der Waals surface area contributed by atoms with E-state index >= 15 is 0 Å². The Morgan fingerprint density at radius 1 is 1.50 bits per heavy atom. The Bertz CT molecular complexity index is 537. The van der Waals surface area contributed by atoms with E-state index in [9.17, 15) is 18.0 Å². The van der Waals surface area contributed by atoms with Crippen molar-refractivity contribution < 1.29 is 18.0 Å². The summed E-state index contributed by atoms with van der Waals surface area (Å²) in [5, 5.41) is 11.0. The highest BCUT2D eigenvalue weighted by molar-refractivity contribution is 9.10. The largest absolute Gasteiger partial charge is 0.418 e. The van der Waals surface area contributed by atoms with Crippen LogP contribution >= 0.6 is 15.9 Å². The van der Waals surface area contributed by atoms with Crippen molar-refractivity contribution in [1.82, 2.24) is 0 Å². The number of halogens is 4. The van der Waals surface area contributed by atoms with Gasteiger partial charge in [-0.1, -0.05) is 29.3 Å². The minimum atomic E-state index is -4.58. The van der Waals surface area contributed by atoms with Gasteiger partial charge in [-0.15, -0.1) is 0 Å². The van der Waals surface area contributed by atoms with Gasteiger partial charge in [0.15, 0.2) is 0 Å². The van der Waals surface area contributed by atoms with Crippen molar-refractivity contribution in [1.29, 1.82) is 5.26 Å². The number of carbonyl (C=O) groups is 1. The molecule has 1 rings (SSSR count). The second-order valence-electron chi connectivity index (χ2n) is 4.15. The first-order valence-corrected chi connectivity index (χ1v) is 6.66. The molecule has 0 saturated heterocycles. The van der Waals surface area contributed by atoms with Crippen molar-refractivity contribution in [3.05, 3.63) is 28.2 Å². The minimum absolute atomic E-state index is 0.258. The molecule has 20 heavy (non-hydrogen) atoms. The molecule has 1 aromatic carbocycles. The summed E-state index contributed by atoms with van der Waals surface area (Å²) in [6, 6.07) is 5.23. The number of nitriles is 1. The molecule has 1 aromatic rings. The fourth-order valence-electron chi connectivity index (χ4n) is 1.62. The van der Waals surface area contributed by atoms with Gasteiger partial charge in [0.2, 0.25) is 5.91 Å². The van der Waals surface area contributed by atoms with E-state index in [2.05, 4.69) is 21.2 Å². The van der Waals surface area contributed by atoms with Crippen LogP contribution in [0.15, 0.2) is 22.7 Å². The van der Waals surface area contributed by atoms with E-state index in [1.807, 2.05) is 0 Å². The number of amides is 1. The maximum absolute atomic E-state index is 12.9. The van der Waals surface area contributed by atoms with Crippen molar-refractivity contribution in [2.45, 2.75) is 25.9 Å². The molecule has 0 radical (unpaired) electrons. The predicted octanol–water partition coefficient (Wildman–Crippen LogP) is 4.35. The monoisotopic (exact) mass is 348 g/mol. The van der Waals surface area contributed by atoms with Crippen molar-refractivity contribution >= 4 is 27.5 Å². The highest BCUT2D eigenvalue weighted by Crippen LogP contribution is 2.36. The van der Waals surface area contributed by atoms with Crippen LogP contribution in [0.4, 0.5) is 18.9 Å². The van der Waals surface area contributed by atoms with Crippen molar-refractivity contribution in [2.75, 3.05) is 5.32 Å². The Morgan fingerprint density at radius 2 is 2.15 bits per heavy atom. The zero-order valence-electron chi connectivity index (χ0n) is 10.6. The van der Waals surface area contributed by atoms with E-state index in [0.717, 1.165) is 12.1 Å². The van der Waals surface area contributed by atoms with Gasteiger partial charge in [-0.2, -0.15) is 18.4 Å². The molecule has 1 N–H and O–H groups in total. The number of carbonyl (C=O) groups excluding carboxylic acids is 1. The van der Waals surface area contributed by atoms with E-state index in [4.69, 9.17) is 5.26 Å². The average Bonchev–Trinajstić information content (AvgIpc) is 2.36. The standard InChI is InChI=1S/C13H12BrF3N2O/c1-2-3-8(7-18)12(20)19-11-5-4-9(14)6-10(11)13(15,16)17/h4-6,8H,2-3H2,1H3,(H,19,20). The Hall–Kier alpha value is -1.55. The molecule has 7 heteroatoms. The average molecular weight is 349 g/mol. The second kappa shape index (κ2) is 6.75. The third kappa shape index (κ3) is 4.23. The van der Waals surface area contributed by atoms with Crippen LogP contribution in [0.1, 0.15) is 25.3 Å². The van der Waals surface area contributed by atoms with Gasteiger partial charge in [0, 0.05) is 4.47 Å². The van der Waals surface area contributed by atoms with Crippen LogP contribution in [0.25, 0.3) is 0 Å². The number of rotatable bonds is 4. The molecule has 1 atom stereocenters. The van der Waals surface area contributed by atoms with Gasteiger partial charge in [0.05, 0.1) is 17.3 Å². The van der Waals surface area contributed by atoms with Gasteiger partial charge in [0.25, 0.3) is 0 Å².